The van der Waals surface area contributed by atoms with Gasteiger partial charge in [-0.3, -0.25) is 0 Å². The molecule has 0 heteroatoms. The Morgan fingerprint density at radius 1 is 0.182 bits per heavy atom. The van der Waals surface area contributed by atoms with Gasteiger partial charge in [-0.05, 0) is 146 Å². The Balaban J connectivity index is 0.000000191. The van der Waals surface area contributed by atoms with Gasteiger partial charge in [0.15, 0.2) is 0 Å². The molecule has 0 radical (unpaired) electrons. The van der Waals surface area contributed by atoms with Crippen LogP contribution in [0.25, 0.3) is 22.3 Å². The molecule has 0 bridgehead atoms. The highest BCUT2D eigenvalue weighted by Gasteiger charge is 2.01. The van der Waals surface area contributed by atoms with E-state index in [1.807, 2.05) is 0 Å². The lowest BCUT2D eigenvalue weighted by molar-refractivity contribution is 1.30. The molecule has 7 rings (SSSR count). The van der Waals surface area contributed by atoms with Crippen LogP contribution in [0.1, 0.15) is 72.3 Å². The summed E-state index contributed by atoms with van der Waals surface area (Å²) >= 11 is 0. The summed E-state index contributed by atoms with van der Waals surface area (Å²) in [6, 6.07) is 54.0. The maximum Gasteiger partial charge on any atom is -0.0181 e. The van der Waals surface area contributed by atoms with Gasteiger partial charge < -0.3 is 0 Å². The molecule has 0 aliphatic heterocycles. The predicted molar refractivity (Wildman–Crippen MR) is 245 cm³/mol. The van der Waals surface area contributed by atoms with Gasteiger partial charge in [0.1, 0.15) is 0 Å². The lowest BCUT2D eigenvalue weighted by Crippen LogP contribution is -1.86. The number of benzene rings is 7. The Labute approximate surface area is 335 Å². The average Bonchev–Trinajstić information content (AvgIpc) is 3.15. The SMILES string of the molecule is Cc1ccc(-c2ccc(C)c(C)c2)cc1C.Cc1ccc(-c2ccc(C)cc2)cc1.Cc1ccc(C)c(C)c1.Cc1ccc(C)cc1.Cc1cccc(C)c1. The molecular formula is C55H64. The van der Waals surface area contributed by atoms with Crippen molar-refractivity contribution < 1.29 is 0 Å². The second-order valence-corrected chi connectivity index (χ2v) is 15.2. The zero-order valence-electron chi connectivity index (χ0n) is 35.9. The van der Waals surface area contributed by atoms with Crippen molar-refractivity contribution in [3.05, 3.63) is 224 Å². The summed E-state index contributed by atoms with van der Waals surface area (Å²) in [5.41, 5.74) is 22.7. The van der Waals surface area contributed by atoms with Crippen LogP contribution in [0.4, 0.5) is 0 Å². The van der Waals surface area contributed by atoms with Crippen molar-refractivity contribution in [2.45, 2.75) is 90.0 Å². The summed E-state index contributed by atoms with van der Waals surface area (Å²) in [6.07, 6.45) is 0. The van der Waals surface area contributed by atoms with Crippen molar-refractivity contribution in [1.82, 2.24) is 0 Å². The number of hydrogen-bond acceptors (Lipinski definition) is 0. The Kier molecular flexibility index (Phi) is 17.6. The molecule has 0 fully saturated rings. The molecule has 0 spiro atoms. The van der Waals surface area contributed by atoms with Gasteiger partial charge in [-0.2, -0.15) is 0 Å². The number of hydrogen-bond donors (Lipinski definition) is 0. The second kappa shape index (κ2) is 22.0. The summed E-state index contributed by atoms with van der Waals surface area (Å²) in [7, 11) is 0. The molecule has 0 aliphatic carbocycles. The predicted octanol–water partition coefficient (Wildman–Crippen LogP) is 15.8. The summed E-state index contributed by atoms with van der Waals surface area (Å²) < 4.78 is 0. The van der Waals surface area contributed by atoms with Gasteiger partial charge in [0, 0.05) is 0 Å². The van der Waals surface area contributed by atoms with Crippen molar-refractivity contribution in [1.29, 1.82) is 0 Å². The molecule has 55 heavy (non-hydrogen) atoms. The van der Waals surface area contributed by atoms with E-state index in [9.17, 15) is 0 Å². The van der Waals surface area contributed by atoms with Gasteiger partial charge in [0.05, 0.1) is 0 Å². The van der Waals surface area contributed by atoms with Gasteiger partial charge in [-0.15, -0.1) is 0 Å². The van der Waals surface area contributed by atoms with E-state index >= 15 is 0 Å². The molecule has 0 amide bonds. The molecule has 0 unspecified atom stereocenters. The molecule has 0 aromatic heterocycles. The highest BCUT2D eigenvalue weighted by atomic mass is 14.1. The van der Waals surface area contributed by atoms with Crippen LogP contribution in [0.15, 0.2) is 152 Å². The normalized spacial score (nSPS) is 9.91. The topological polar surface area (TPSA) is 0 Å². The fourth-order valence-electron chi connectivity index (χ4n) is 5.67. The first-order valence-electron chi connectivity index (χ1n) is 19.5. The lowest BCUT2D eigenvalue weighted by atomic mass is 9.98. The summed E-state index contributed by atoms with van der Waals surface area (Å²) in [5.74, 6) is 0. The minimum atomic E-state index is 1.29. The van der Waals surface area contributed by atoms with Crippen molar-refractivity contribution in [2.24, 2.45) is 0 Å². The molecular weight excluding hydrogens is 661 g/mol. The van der Waals surface area contributed by atoms with Crippen LogP contribution >= 0.6 is 0 Å². The quantitative estimate of drug-likeness (QED) is 0.167. The first-order chi connectivity index (χ1) is 26.1. The molecule has 284 valence electrons. The highest BCUT2D eigenvalue weighted by Crippen LogP contribution is 2.24. The van der Waals surface area contributed by atoms with Crippen molar-refractivity contribution in [2.75, 3.05) is 0 Å². The van der Waals surface area contributed by atoms with E-state index in [1.54, 1.807) is 0 Å². The molecule has 7 aromatic rings. The van der Waals surface area contributed by atoms with E-state index in [4.69, 9.17) is 0 Å². The van der Waals surface area contributed by atoms with Gasteiger partial charge in [-0.25, -0.2) is 0 Å². The Hall–Kier alpha value is -5.46. The summed E-state index contributed by atoms with van der Waals surface area (Å²) in [6.45, 7) is 27.7. The molecule has 0 heterocycles. The van der Waals surface area contributed by atoms with Crippen LogP contribution < -0.4 is 0 Å². The Morgan fingerprint density at radius 3 is 0.709 bits per heavy atom. The first-order valence-corrected chi connectivity index (χ1v) is 19.5. The third-order valence-corrected chi connectivity index (χ3v) is 9.84. The van der Waals surface area contributed by atoms with Gasteiger partial charge in [0.2, 0.25) is 0 Å². The minimum absolute atomic E-state index is 1.29. The second-order valence-electron chi connectivity index (χ2n) is 15.2. The maximum atomic E-state index is 2.26. The van der Waals surface area contributed by atoms with E-state index < -0.39 is 0 Å². The third kappa shape index (κ3) is 15.8. The van der Waals surface area contributed by atoms with E-state index in [0.29, 0.717) is 0 Å². The molecule has 7 aromatic carbocycles. The molecule has 0 saturated carbocycles. The van der Waals surface area contributed by atoms with Gasteiger partial charge >= 0.3 is 0 Å². The fraction of sp³-hybridized carbons (Fsp3) is 0.236. The Morgan fingerprint density at radius 2 is 0.436 bits per heavy atom. The van der Waals surface area contributed by atoms with Crippen LogP contribution in [0.5, 0.6) is 0 Å². The van der Waals surface area contributed by atoms with Crippen LogP contribution in [-0.4, -0.2) is 0 Å². The molecule has 0 aliphatic rings. The van der Waals surface area contributed by atoms with Gasteiger partial charge in [-0.1, -0.05) is 191 Å². The van der Waals surface area contributed by atoms with E-state index in [2.05, 4.69) is 242 Å². The minimum Gasteiger partial charge on any atom is -0.0617 e. The standard InChI is InChI=1S/C16H18.C14H14.C9H12.2C8H10/c1-11-5-7-15(9-13(11)3)16-8-6-12(2)14(4)10-16;1-11-3-7-13(8-4-11)14-9-5-12(2)6-10-14;1-7-4-5-8(2)9(3)6-7;1-7-3-5-8(2)6-4-7;1-7-4-3-5-8(2)6-7/h5-10H,1-4H3;3-10H,1-2H3;4-6H,1-3H3;2*3-6H,1-2H3. The number of aryl methyl sites for hydroxylation is 13. The zero-order chi connectivity index (χ0) is 40.5. The molecule has 0 N–H and O–H groups in total. The van der Waals surface area contributed by atoms with Crippen LogP contribution in [-0.2, 0) is 0 Å². The van der Waals surface area contributed by atoms with E-state index in [-0.39, 0.29) is 0 Å². The third-order valence-electron chi connectivity index (χ3n) is 9.84. The smallest absolute Gasteiger partial charge is 0.0181 e. The number of rotatable bonds is 2. The fourth-order valence-corrected chi connectivity index (χ4v) is 5.67. The lowest BCUT2D eigenvalue weighted by Gasteiger charge is -2.08. The first kappa shape index (κ1) is 43.9. The highest BCUT2D eigenvalue weighted by molar-refractivity contribution is 5.66. The van der Waals surface area contributed by atoms with E-state index in [1.165, 1.54) is 94.6 Å². The average molecular weight is 725 g/mol. The maximum absolute atomic E-state index is 2.26. The monoisotopic (exact) mass is 725 g/mol. The van der Waals surface area contributed by atoms with E-state index in [0.717, 1.165) is 0 Å². The summed E-state index contributed by atoms with van der Waals surface area (Å²) in [4.78, 5) is 0. The zero-order valence-corrected chi connectivity index (χ0v) is 35.9. The largest absolute Gasteiger partial charge is 0.0617 e. The Bertz CT molecular complexity index is 2060. The molecule has 0 nitrogen and oxygen atoms in total. The van der Waals surface area contributed by atoms with Gasteiger partial charge in [0.25, 0.3) is 0 Å². The van der Waals surface area contributed by atoms with Crippen molar-refractivity contribution in [3.8, 4) is 22.3 Å². The van der Waals surface area contributed by atoms with Crippen molar-refractivity contribution in [3.63, 3.8) is 0 Å². The summed E-state index contributed by atoms with van der Waals surface area (Å²) in [5, 5.41) is 0. The van der Waals surface area contributed by atoms with Crippen LogP contribution in [0.2, 0.25) is 0 Å². The van der Waals surface area contributed by atoms with Crippen LogP contribution in [0.3, 0.4) is 0 Å². The molecule has 0 saturated heterocycles. The van der Waals surface area contributed by atoms with Crippen LogP contribution in [0, 0.1) is 90.0 Å². The van der Waals surface area contributed by atoms with Crippen molar-refractivity contribution >= 4 is 0 Å². The molecule has 0 atom stereocenters.